The molecule has 0 fully saturated rings. The lowest BCUT2D eigenvalue weighted by Crippen LogP contribution is -2.28. The van der Waals surface area contributed by atoms with Crippen molar-refractivity contribution in [3.63, 3.8) is 0 Å². The van der Waals surface area contributed by atoms with Crippen molar-refractivity contribution in [2.45, 2.75) is 13.8 Å². The Morgan fingerprint density at radius 2 is 2.11 bits per heavy atom. The van der Waals surface area contributed by atoms with E-state index in [-0.39, 0.29) is 0 Å². The lowest BCUT2D eigenvalue weighted by molar-refractivity contribution is 0.163. The monoisotopic (exact) mass is 268 g/mol. The number of anilines is 1. The van der Waals surface area contributed by atoms with Gasteiger partial charge >= 0.3 is 0 Å². The SMILES string of the molecule is CCOc1ncnc(NCCN(C)CCOC)c1C. The van der Waals surface area contributed by atoms with Gasteiger partial charge in [-0.05, 0) is 20.9 Å². The standard InChI is InChI=1S/C13H24N4O2/c1-5-19-13-11(2)12(15-10-16-13)14-6-7-17(3)8-9-18-4/h10H,5-9H2,1-4H3,(H,14,15,16). The summed E-state index contributed by atoms with van der Waals surface area (Å²) in [7, 11) is 3.78. The molecule has 0 saturated heterocycles. The van der Waals surface area contributed by atoms with Gasteiger partial charge < -0.3 is 19.7 Å². The summed E-state index contributed by atoms with van der Waals surface area (Å²) in [5.74, 6) is 1.48. The molecule has 0 radical (unpaired) electrons. The number of hydrogen-bond donors (Lipinski definition) is 1. The maximum absolute atomic E-state index is 5.44. The molecule has 0 aromatic carbocycles. The van der Waals surface area contributed by atoms with Gasteiger partial charge in [-0.25, -0.2) is 9.97 Å². The van der Waals surface area contributed by atoms with Crippen molar-refractivity contribution in [3.8, 4) is 5.88 Å². The van der Waals surface area contributed by atoms with E-state index in [1.165, 1.54) is 6.33 Å². The molecule has 6 heteroatoms. The third kappa shape index (κ3) is 5.40. The summed E-state index contributed by atoms with van der Waals surface area (Å²) in [6, 6.07) is 0. The van der Waals surface area contributed by atoms with Crippen LogP contribution < -0.4 is 10.1 Å². The summed E-state index contributed by atoms with van der Waals surface area (Å²) in [6.45, 7) is 7.93. The second kappa shape index (κ2) is 8.66. The maximum atomic E-state index is 5.44. The van der Waals surface area contributed by atoms with Crippen molar-refractivity contribution in [2.24, 2.45) is 0 Å². The number of hydrogen-bond acceptors (Lipinski definition) is 6. The van der Waals surface area contributed by atoms with Crippen LogP contribution in [0.2, 0.25) is 0 Å². The van der Waals surface area contributed by atoms with Crippen molar-refractivity contribution in [1.29, 1.82) is 0 Å². The minimum Gasteiger partial charge on any atom is -0.478 e. The highest BCUT2D eigenvalue weighted by Crippen LogP contribution is 2.19. The molecule has 1 aromatic rings. The van der Waals surface area contributed by atoms with E-state index in [0.29, 0.717) is 12.5 Å². The highest BCUT2D eigenvalue weighted by molar-refractivity contribution is 5.47. The predicted octanol–water partition coefficient (Wildman–Crippen LogP) is 1.17. The van der Waals surface area contributed by atoms with Crippen molar-refractivity contribution in [3.05, 3.63) is 11.9 Å². The van der Waals surface area contributed by atoms with Crippen LogP contribution in [0.1, 0.15) is 12.5 Å². The normalized spacial score (nSPS) is 10.8. The fourth-order valence-corrected chi connectivity index (χ4v) is 1.62. The summed E-state index contributed by atoms with van der Waals surface area (Å²) >= 11 is 0. The second-order valence-corrected chi connectivity index (χ2v) is 4.31. The van der Waals surface area contributed by atoms with E-state index < -0.39 is 0 Å². The summed E-state index contributed by atoms with van der Waals surface area (Å²) < 4.78 is 10.5. The molecule has 1 rings (SSSR count). The average Bonchev–Trinajstić information content (AvgIpc) is 2.41. The minimum atomic E-state index is 0.608. The van der Waals surface area contributed by atoms with Gasteiger partial charge in [0, 0.05) is 26.7 Å². The Bertz CT molecular complexity index is 374. The summed E-state index contributed by atoms with van der Waals surface area (Å²) in [5.41, 5.74) is 0.948. The van der Waals surface area contributed by atoms with Crippen molar-refractivity contribution >= 4 is 5.82 Å². The van der Waals surface area contributed by atoms with Gasteiger partial charge in [0.05, 0.1) is 18.8 Å². The van der Waals surface area contributed by atoms with Crippen LogP contribution in [0.5, 0.6) is 5.88 Å². The third-order valence-electron chi connectivity index (χ3n) is 2.78. The first-order valence-corrected chi connectivity index (χ1v) is 6.54. The van der Waals surface area contributed by atoms with Crippen LogP contribution in [0.4, 0.5) is 5.82 Å². The zero-order valence-corrected chi connectivity index (χ0v) is 12.3. The second-order valence-electron chi connectivity index (χ2n) is 4.31. The van der Waals surface area contributed by atoms with Gasteiger partial charge in [-0.3, -0.25) is 0 Å². The molecule has 1 aromatic heterocycles. The zero-order valence-electron chi connectivity index (χ0n) is 12.3. The number of rotatable bonds is 9. The lowest BCUT2D eigenvalue weighted by Gasteiger charge is -2.17. The van der Waals surface area contributed by atoms with Gasteiger partial charge in [0.15, 0.2) is 0 Å². The van der Waals surface area contributed by atoms with Crippen LogP contribution in [-0.4, -0.2) is 61.9 Å². The molecular weight excluding hydrogens is 244 g/mol. The average molecular weight is 268 g/mol. The molecule has 6 nitrogen and oxygen atoms in total. The Morgan fingerprint density at radius 3 is 2.79 bits per heavy atom. The van der Waals surface area contributed by atoms with E-state index in [4.69, 9.17) is 9.47 Å². The van der Waals surface area contributed by atoms with Gasteiger partial charge in [0.1, 0.15) is 12.1 Å². The fraction of sp³-hybridized carbons (Fsp3) is 0.692. The van der Waals surface area contributed by atoms with Gasteiger partial charge in [-0.15, -0.1) is 0 Å². The van der Waals surface area contributed by atoms with Gasteiger partial charge in [-0.2, -0.15) is 0 Å². The van der Waals surface area contributed by atoms with E-state index in [0.717, 1.165) is 37.6 Å². The van der Waals surface area contributed by atoms with Crippen LogP contribution in [0, 0.1) is 6.92 Å². The molecule has 0 amide bonds. The molecule has 1 N–H and O–H groups in total. The molecule has 19 heavy (non-hydrogen) atoms. The van der Waals surface area contributed by atoms with Gasteiger partial charge in [0.2, 0.25) is 5.88 Å². The van der Waals surface area contributed by atoms with Crippen molar-refractivity contribution in [2.75, 3.05) is 52.3 Å². The number of nitrogens with zero attached hydrogens (tertiary/aromatic N) is 3. The Balaban J connectivity index is 2.42. The lowest BCUT2D eigenvalue weighted by atomic mass is 10.3. The van der Waals surface area contributed by atoms with Crippen molar-refractivity contribution < 1.29 is 9.47 Å². The van der Waals surface area contributed by atoms with Crippen LogP contribution in [0.3, 0.4) is 0 Å². The minimum absolute atomic E-state index is 0.608. The Hall–Kier alpha value is -1.40. The largest absolute Gasteiger partial charge is 0.478 e. The van der Waals surface area contributed by atoms with E-state index in [9.17, 15) is 0 Å². The van der Waals surface area contributed by atoms with E-state index in [2.05, 4.69) is 27.2 Å². The van der Waals surface area contributed by atoms with Crippen LogP contribution in [0.25, 0.3) is 0 Å². The first-order chi connectivity index (χ1) is 9.19. The van der Waals surface area contributed by atoms with E-state index in [1.54, 1.807) is 7.11 Å². The summed E-state index contributed by atoms with van der Waals surface area (Å²) in [5, 5.41) is 3.31. The zero-order chi connectivity index (χ0) is 14.1. The molecule has 0 atom stereocenters. The van der Waals surface area contributed by atoms with Crippen LogP contribution >= 0.6 is 0 Å². The summed E-state index contributed by atoms with van der Waals surface area (Å²) in [6.07, 6.45) is 1.52. The summed E-state index contributed by atoms with van der Waals surface area (Å²) in [4.78, 5) is 10.6. The smallest absolute Gasteiger partial charge is 0.221 e. The first-order valence-electron chi connectivity index (χ1n) is 6.54. The fourth-order valence-electron chi connectivity index (χ4n) is 1.62. The number of aromatic nitrogens is 2. The van der Waals surface area contributed by atoms with Gasteiger partial charge in [0.25, 0.3) is 0 Å². The molecule has 0 aliphatic rings. The Kier molecular flexibility index (Phi) is 7.14. The Morgan fingerprint density at radius 1 is 1.32 bits per heavy atom. The topological polar surface area (TPSA) is 59.5 Å². The van der Waals surface area contributed by atoms with Gasteiger partial charge in [-0.1, -0.05) is 0 Å². The highest BCUT2D eigenvalue weighted by Gasteiger charge is 2.07. The number of nitrogens with one attached hydrogen (secondary N) is 1. The molecular formula is C13H24N4O2. The highest BCUT2D eigenvalue weighted by atomic mass is 16.5. The van der Waals surface area contributed by atoms with Crippen LogP contribution in [-0.2, 0) is 4.74 Å². The maximum Gasteiger partial charge on any atom is 0.221 e. The molecule has 0 saturated carbocycles. The van der Waals surface area contributed by atoms with Crippen LogP contribution in [0.15, 0.2) is 6.33 Å². The number of likely N-dealkylation sites (N-methyl/N-ethyl adjacent to an activating group) is 1. The first kappa shape index (κ1) is 15.7. The molecule has 0 unspecified atom stereocenters. The van der Waals surface area contributed by atoms with Crippen molar-refractivity contribution in [1.82, 2.24) is 14.9 Å². The molecule has 108 valence electrons. The Labute approximate surface area is 115 Å². The molecule has 1 heterocycles. The third-order valence-corrected chi connectivity index (χ3v) is 2.78. The number of ether oxygens (including phenoxy) is 2. The molecule has 0 bridgehead atoms. The predicted molar refractivity (Wildman–Crippen MR) is 75.8 cm³/mol. The molecule has 0 aliphatic carbocycles. The quantitative estimate of drug-likeness (QED) is 0.725. The molecule has 0 aliphatic heterocycles. The number of methoxy groups -OCH3 is 1. The van der Waals surface area contributed by atoms with E-state index >= 15 is 0 Å². The molecule has 0 spiro atoms. The van der Waals surface area contributed by atoms with E-state index in [1.807, 2.05) is 13.8 Å².